The molecule has 0 saturated carbocycles. The van der Waals surface area contributed by atoms with Crippen LogP contribution in [0.15, 0.2) is 36.4 Å². The van der Waals surface area contributed by atoms with Crippen molar-refractivity contribution >= 4 is 38.1 Å². The molecule has 0 aromatic heterocycles. The predicted molar refractivity (Wildman–Crippen MR) is 83.0 cm³/mol. The molecule has 20 heavy (non-hydrogen) atoms. The molecule has 2 aromatic rings. The molecule has 0 radical (unpaired) electrons. The molecule has 0 heterocycles. The minimum absolute atomic E-state index is 0.0366. The van der Waals surface area contributed by atoms with E-state index in [0.29, 0.717) is 35.2 Å². The summed E-state index contributed by atoms with van der Waals surface area (Å²) in [5.41, 5.74) is 0.476. The number of alkyl halides is 1. The monoisotopic (exact) mass is 313 g/mol. The molecule has 0 aliphatic carbocycles. The Hall–Kier alpha value is -1.46. The number of sulfonamides is 1. The predicted octanol–water partition coefficient (Wildman–Crippen LogP) is 3.31. The Bertz CT molecular complexity index is 701. The Balaban J connectivity index is 2.28. The van der Waals surface area contributed by atoms with E-state index in [-0.39, 0.29) is 11.5 Å². The van der Waals surface area contributed by atoms with Crippen LogP contribution in [-0.2, 0) is 10.0 Å². The highest BCUT2D eigenvalue weighted by atomic mass is 35.5. The molecule has 0 aliphatic rings. The van der Waals surface area contributed by atoms with Gasteiger partial charge in [0.1, 0.15) is 5.75 Å². The van der Waals surface area contributed by atoms with Gasteiger partial charge in [-0.1, -0.05) is 24.3 Å². The van der Waals surface area contributed by atoms with Gasteiger partial charge in [-0.25, -0.2) is 8.42 Å². The number of hydrogen-bond acceptors (Lipinski definition) is 3. The van der Waals surface area contributed by atoms with Gasteiger partial charge in [-0.15, -0.1) is 11.6 Å². The Morgan fingerprint density at radius 2 is 1.75 bits per heavy atom. The quantitative estimate of drug-likeness (QED) is 0.635. The van der Waals surface area contributed by atoms with Crippen molar-refractivity contribution in [1.29, 1.82) is 0 Å². The van der Waals surface area contributed by atoms with Gasteiger partial charge >= 0.3 is 0 Å². The standard InChI is InChI=1S/C14H16ClNO3S/c15-9-1-2-10-20(18,19)16-13-7-3-6-12-11(13)5-4-8-14(12)17/h3-8,16-17H,1-2,9-10H2. The first-order valence-electron chi connectivity index (χ1n) is 6.31. The molecule has 0 fully saturated rings. The summed E-state index contributed by atoms with van der Waals surface area (Å²) < 4.78 is 26.5. The third-order valence-corrected chi connectivity index (χ3v) is 4.59. The first-order valence-corrected chi connectivity index (χ1v) is 8.49. The van der Waals surface area contributed by atoms with Crippen LogP contribution in [0, 0.1) is 0 Å². The lowest BCUT2D eigenvalue weighted by atomic mass is 10.1. The first kappa shape index (κ1) is 14.9. The van der Waals surface area contributed by atoms with Crippen LogP contribution >= 0.6 is 11.6 Å². The van der Waals surface area contributed by atoms with Crippen molar-refractivity contribution in [2.45, 2.75) is 12.8 Å². The zero-order valence-electron chi connectivity index (χ0n) is 10.8. The average molecular weight is 314 g/mol. The third kappa shape index (κ3) is 3.55. The van der Waals surface area contributed by atoms with Crippen LogP contribution in [-0.4, -0.2) is 25.2 Å². The summed E-state index contributed by atoms with van der Waals surface area (Å²) >= 11 is 5.54. The van der Waals surface area contributed by atoms with Crippen LogP contribution in [0.4, 0.5) is 5.69 Å². The molecular weight excluding hydrogens is 298 g/mol. The zero-order chi connectivity index (χ0) is 14.6. The Morgan fingerprint density at radius 3 is 2.50 bits per heavy atom. The van der Waals surface area contributed by atoms with Gasteiger partial charge in [0, 0.05) is 16.7 Å². The molecule has 0 saturated heterocycles. The van der Waals surface area contributed by atoms with Crippen molar-refractivity contribution < 1.29 is 13.5 Å². The number of unbranched alkanes of at least 4 members (excludes halogenated alkanes) is 1. The minimum atomic E-state index is -3.40. The maximum atomic E-state index is 12.0. The van der Waals surface area contributed by atoms with Gasteiger partial charge in [-0.3, -0.25) is 4.72 Å². The van der Waals surface area contributed by atoms with Gasteiger partial charge in [0.2, 0.25) is 10.0 Å². The van der Waals surface area contributed by atoms with E-state index in [0.717, 1.165) is 0 Å². The van der Waals surface area contributed by atoms with Gasteiger partial charge in [0.05, 0.1) is 11.4 Å². The molecule has 0 bridgehead atoms. The summed E-state index contributed by atoms with van der Waals surface area (Å²) in [5, 5.41) is 11.1. The van der Waals surface area contributed by atoms with Gasteiger partial charge in [0.25, 0.3) is 0 Å². The molecule has 0 aliphatic heterocycles. The number of phenolic OH excluding ortho intramolecular Hbond substituents is 1. The fraction of sp³-hybridized carbons (Fsp3) is 0.286. The van der Waals surface area contributed by atoms with Crippen LogP contribution in [0.2, 0.25) is 0 Å². The smallest absolute Gasteiger partial charge is 0.232 e. The number of anilines is 1. The summed E-state index contributed by atoms with van der Waals surface area (Å²) in [6.45, 7) is 0. The molecule has 0 spiro atoms. The van der Waals surface area contributed by atoms with Gasteiger partial charge in [0.15, 0.2) is 0 Å². The molecular formula is C14H16ClNO3S. The van der Waals surface area contributed by atoms with E-state index in [4.69, 9.17) is 11.6 Å². The first-order chi connectivity index (χ1) is 9.53. The molecule has 0 atom stereocenters. The van der Waals surface area contributed by atoms with E-state index in [2.05, 4.69) is 4.72 Å². The van der Waals surface area contributed by atoms with E-state index in [1.165, 1.54) is 0 Å². The number of halogens is 1. The largest absolute Gasteiger partial charge is 0.507 e. The number of benzene rings is 2. The fourth-order valence-electron chi connectivity index (χ4n) is 1.99. The van der Waals surface area contributed by atoms with Gasteiger partial charge in [-0.05, 0) is 25.0 Å². The van der Waals surface area contributed by atoms with E-state index in [1.54, 1.807) is 36.4 Å². The van der Waals surface area contributed by atoms with E-state index < -0.39 is 10.0 Å². The summed E-state index contributed by atoms with van der Waals surface area (Å²) in [7, 11) is -3.40. The minimum Gasteiger partial charge on any atom is -0.507 e. The lowest BCUT2D eigenvalue weighted by molar-refractivity contribution is 0.481. The van der Waals surface area contributed by atoms with Crippen molar-refractivity contribution in [2.75, 3.05) is 16.4 Å². The number of nitrogens with one attached hydrogen (secondary N) is 1. The maximum Gasteiger partial charge on any atom is 0.232 e. The summed E-state index contributed by atoms with van der Waals surface area (Å²) in [6.07, 6.45) is 1.19. The van der Waals surface area contributed by atoms with E-state index in [9.17, 15) is 13.5 Å². The van der Waals surface area contributed by atoms with Crippen molar-refractivity contribution in [2.24, 2.45) is 0 Å². The molecule has 2 aromatic carbocycles. The number of phenols is 1. The highest BCUT2D eigenvalue weighted by Gasteiger charge is 2.12. The fourth-order valence-corrected chi connectivity index (χ4v) is 3.38. The van der Waals surface area contributed by atoms with Crippen molar-refractivity contribution in [3.05, 3.63) is 36.4 Å². The Labute approximate surface area is 123 Å². The SMILES string of the molecule is O=S(=O)(CCCCCl)Nc1cccc2c(O)cccc12. The molecule has 108 valence electrons. The lowest BCUT2D eigenvalue weighted by Gasteiger charge is -2.11. The number of fused-ring (bicyclic) bond motifs is 1. The van der Waals surface area contributed by atoms with E-state index in [1.807, 2.05) is 0 Å². The molecule has 6 heteroatoms. The normalized spacial score (nSPS) is 11.7. The van der Waals surface area contributed by atoms with Gasteiger partial charge < -0.3 is 5.11 Å². The number of rotatable bonds is 6. The number of aromatic hydroxyl groups is 1. The van der Waals surface area contributed by atoms with Crippen molar-refractivity contribution in [1.82, 2.24) is 0 Å². The highest BCUT2D eigenvalue weighted by molar-refractivity contribution is 7.92. The Morgan fingerprint density at radius 1 is 1.05 bits per heavy atom. The van der Waals surface area contributed by atoms with Crippen LogP contribution in [0.25, 0.3) is 10.8 Å². The summed E-state index contributed by atoms with van der Waals surface area (Å²) in [6, 6.07) is 10.2. The van der Waals surface area contributed by atoms with Crippen molar-refractivity contribution in [3.63, 3.8) is 0 Å². The van der Waals surface area contributed by atoms with E-state index >= 15 is 0 Å². The topological polar surface area (TPSA) is 66.4 Å². The summed E-state index contributed by atoms with van der Waals surface area (Å²) in [4.78, 5) is 0. The second kappa shape index (κ2) is 6.33. The summed E-state index contributed by atoms with van der Waals surface area (Å²) in [5.74, 6) is 0.623. The zero-order valence-corrected chi connectivity index (χ0v) is 12.4. The second-order valence-electron chi connectivity index (χ2n) is 4.49. The molecule has 0 unspecified atom stereocenters. The third-order valence-electron chi connectivity index (χ3n) is 2.96. The highest BCUT2D eigenvalue weighted by Crippen LogP contribution is 2.30. The Kier molecular flexibility index (Phi) is 4.73. The van der Waals surface area contributed by atoms with Gasteiger partial charge in [-0.2, -0.15) is 0 Å². The average Bonchev–Trinajstić information content (AvgIpc) is 2.40. The maximum absolute atomic E-state index is 12.0. The van der Waals surface area contributed by atoms with Crippen LogP contribution in [0.3, 0.4) is 0 Å². The molecule has 2 rings (SSSR count). The van der Waals surface area contributed by atoms with Crippen LogP contribution in [0.5, 0.6) is 5.75 Å². The van der Waals surface area contributed by atoms with Crippen LogP contribution in [0.1, 0.15) is 12.8 Å². The molecule has 4 nitrogen and oxygen atoms in total. The second-order valence-corrected chi connectivity index (χ2v) is 6.71. The lowest BCUT2D eigenvalue weighted by Crippen LogP contribution is -2.17. The van der Waals surface area contributed by atoms with Crippen LogP contribution < -0.4 is 4.72 Å². The van der Waals surface area contributed by atoms with Crippen molar-refractivity contribution in [3.8, 4) is 5.75 Å². The molecule has 2 N–H and O–H groups in total. The number of hydrogen-bond donors (Lipinski definition) is 2. The molecule has 0 amide bonds.